The Bertz CT molecular complexity index is 808. The number of ether oxygens (including phenoxy) is 1. The second kappa shape index (κ2) is 7.79. The topological polar surface area (TPSA) is 81.2 Å². The largest absolute Gasteiger partial charge is 0.489 e. The molecule has 0 aromatic heterocycles. The number of rotatable bonds is 5. The molecule has 0 amide bonds. The van der Waals surface area contributed by atoms with Crippen LogP contribution in [-0.2, 0) is 6.61 Å². The first-order valence-corrected chi connectivity index (χ1v) is 6.81. The van der Waals surface area contributed by atoms with Crippen molar-refractivity contribution >= 4 is 23.0 Å². The van der Waals surface area contributed by atoms with Gasteiger partial charge in [0, 0.05) is 6.07 Å². The van der Waals surface area contributed by atoms with Crippen LogP contribution in [0.5, 0.6) is 5.75 Å². The summed E-state index contributed by atoms with van der Waals surface area (Å²) in [5, 5.41) is 21.1. The molecule has 0 radical (unpaired) electrons. The summed E-state index contributed by atoms with van der Waals surface area (Å²) < 4.78 is 18.6. The van der Waals surface area contributed by atoms with Crippen LogP contribution in [0.1, 0.15) is 5.56 Å². The first-order chi connectivity index (χ1) is 11.1. The number of hydrogen-bond acceptors (Lipinski definition) is 5. The van der Waals surface area contributed by atoms with Crippen molar-refractivity contribution in [3.63, 3.8) is 0 Å². The van der Waals surface area contributed by atoms with E-state index in [-0.39, 0.29) is 18.1 Å². The minimum absolute atomic E-state index is 0.200. The van der Waals surface area contributed by atoms with E-state index < -0.39 is 0 Å². The number of hydrazone groups is 1. The highest BCUT2D eigenvalue weighted by molar-refractivity contribution is 6.33. The minimum atomic E-state index is -0.327. The zero-order valence-corrected chi connectivity index (χ0v) is 12.5. The van der Waals surface area contributed by atoms with Gasteiger partial charge in [0.1, 0.15) is 30.3 Å². The van der Waals surface area contributed by atoms with Gasteiger partial charge in [0.25, 0.3) is 0 Å². The van der Waals surface area contributed by atoms with Gasteiger partial charge in [-0.15, -0.1) is 0 Å². The maximum absolute atomic E-state index is 13.1. The van der Waals surface area contributed by atoms with Crippen LogP contribution in [0.2, 0.25) is 5.02 Å². The predicted octanol–water partition coefficient (Wildman–Crippen LogP) is 3.87. The van der Waals surface area contributed by atoms with E-state index in [1.807, 2.05) is 0 Å². The van der Waals surface area contributed by atoms with Gasteiger partial charge in [-0.05, 0) is 29.8 Å². The first-order valence-electron chi connectivity index (χ1n) is 6.43. The molecule has 114 valence electrons. The molecule has 0 saturated carbocycles. The molecule has 7 heteroatoms. The van der Waals surface area contributed by atoms with Crippen LogP contribution in [0.25, 0.3) is 0 Å². The predicted molar refractivity (Wildman–Crippen MR) is 84.5 cm³/mol. The molecule has 0 atom stereocenters. The molecule has 0 aliphatic carbocycles. The standard InChI is InChI=1S/C16H10ClFN4O/c17-15-7-14(23-10-11-2-1-3-12(18)6-11)4-5-16(15)22-21-13(8-19)9-20/h1-7,22H,10H2. The van der Waals surface area contributed by atoms with E-state index in [1.54, 1.807) is 42.5 Å². The Morgan fingerprint density at radius 2 is 2.00 bits per heavy atom. The molecule has 0 heterocycles. The van der Waals surface area contributed by atoms with Gasteiger partial charge >= 0.3 is 0 Å². The first kappa shape index (κ1) is 16.3. The Hall–Kier alpha value is -3.09. The van der Waals surface area contributed by atoms with Crippen LogP contribution in [0, 0.1) is 28.5 Å². The fourth-order valence-electron chi connectivity index (χ4n) is 1.66. The monoisotopic (exact) mass is 328 g/mol. The Kier molecular flexibility index (Phi) is 5.51. The zero-order valence-electron chi connectivity index (χ0n) is 11.8. The Labute approximate surface area is 137 Å². The molecule has 0 aliphatic heterocycles. The summed E-state index contributed by atoms with van der Waals surface area (Å²) >= 11 is 6.07. The quantitative estimate of drug-likeness (QED) is 0.667. The van der Waals surface area contributed by atoms with Gasteiger partial charge in [-0.2, -0.15) is 15.6 Å². The van der Waals surface area contributed by atoms with Gasteiger partial charge in [-0.1, -0.05) is 23.7 Å². The van der Waals surface area contributed by atoms with E-state index in [4.69, 9.17) is 26.9 Å². The van der Waals surface area contributed by atoms with Gasteiger partial charge < -0.3 is 4.74 Å². The van der Waals surface area contributed by atoms with E-state index in [1.165, 1.54) is 12.1 Å². The van der Waals surface area contributed by atoms with Crippen molar-refractivity contribution in [2.45, 2.75) is 6.61 Å². The average molecular weight is 329 g/mol. The van der Waals surface area contributed by atoms with Gasteiger partial charge in [-0.25, -0.2) is 4.39 Å². The molecule has 2 aromatic rings. The van der Waals surface area contributed by atoms with Crippen LogP contribution in [0.15, 0.2) is 47.6 Å². The van der Waals surface area contributed by atoms with E-state index in [9.17, 15) is 4.39 Å². The molecule has 23 heavy (non-hydrogen) atoms. The third kappa shape index (κ3) is 4.70. The molecule has 0 saturated heterocycles. The second-order valence-corrected chi connectivity index (χ2v) is 4.76. The summed E-state index contributed by atoms with van der Waals surface area (Å²) in [6.45, 7) is 0.200. The maximum Gasteiger partial charge on any atom is 0.237 e. The van der Waals surface area contributed by atoms with Crippen molar-refractivity contribution in [2.75, 3.05) is 5.43 Å². The SMILES string of the molecule is N#CC(C#N)=NNc1ccc(OCc2cccc(F)c2)cc1Cl. The summed E-state index contributed by atoms with van der Waals surface area (Å²) in [5.41, 5.74) is 3.34. The minimum Gasteiger partial charge on any atom is -0.489 e. The van der Waals surface area contributed by atoms with E-state index in [0.29, 0.717) is 22.0 Å². The zero-order chi connectivity index (χ0) is 16.7. The summed E-state index contributed by atoms with van der Waals surface area (Å²) in [7, 11) is 0. The number of nitrogens with one attached hydrogen (secondary N) is 1. The van der Waals surface area contributed by atoms with Crippen molar-refractivity contribution in [1.82, 2.24) is 0 Å². The lowest BCUT2D eigenvalue weighted by atomic mass is 10.2. The fourth-order valence-corrected chi connectivity index (χ4v) is 1.87. The number of nitrogens with zero attached hydrogens (tertiary/aromatic N) is 3. The van der Waals surface area contributed by atoms with Gasteiger partial charge in [0.2, 0.25) is 5.71 Å². The molecule has 1 N–H and O–H groups in total. The van der Waals surface area contributed by atoms with Crippen LogP contribution in [-0.4, -0.2) is 5.71 Å². The van der Waals surface area contributed by atoms with Crippen molar-refractivity contribution in [3.05, 3.63) is 58.9 Å². The van der Waals surface area contributed by atoms with E-state index in [2.05, 4.69) is 10.5 Å². The number of hydrogen-bond donors (Lipinski definition) is 1. The molecule has 2 aromatic carbocycles. The third-order valence-corrected chi connectivity index (χ3v) is 3.05. The highest BCUT2D eigenvalue weighted by atomic mass is 35.5. The highest BCUT2D eigenvalue weighted by Crippen LogP contribution is 2.27. The molecule has 0 spiro atoms. The van der Waals surface area contributed by atoms with Crippen LogP contribution >= 0.6 is 11.6 Å². The van der Waals surface area contributed by atoms with Crippen LogP contribution < -0.4 is 10.2 Å². The second-order valence-electron chi connectivity index (χ2n) is 4.36. The molecule has 2 rings (SSSR count). The Morgan fingerprint density at radius 1 is 1.22 bits per heavy atom. The molecule has 0 bridgehead atoms. The van der Waals surface area contributed by atoms with Crippen molar-refractivity contribution in [2.24, 2.45) is 5.10 Å². The Balaban J connectivity index is 2.03. The molecule has 5 nitrogen and oxygen atoms in total. The normalized spacial score (nSPS) is 9.39. The van der Waals surface area contributed by atoms with Crippen molar-refractivity contribution in [1.29, 1.82) is 10.5 Å². The number of benzene rings is 2. The lowest BCUT2D eigenvalue weighted by Gasteiger charge is -2.09. The fraction of sp³-hybridized carbons (Fsp3) is 0.0625. The van der Waals surface area contributed by atoms with Crippen LogP contribution in [0.3, 0.4) is 0 Å². The molecule has 0 unspecified atom stereocenters. The van der Waals surface area contributed by atoms with Gasteiger partial charge in [-0.3, -0.25) is 5.43 Å². The average Bonchev–Trinajstić information content (AvgIpc) is 2.55. The molecule has 0 aliphatic rings. The summed E-state index contributed by atoms with van der Waals surface area (Å²) in [6, 6.07) is 14.1. The number of anilines is 1. The number of nitriles is 2. The number of halogens is 2. The van der Waals surface area contributed by atoms with Gasteiger partial charge in [0.15, 0.2) is 0 Å². The summed E-state index contributed by atoms with van der Waals surface area (Å²) in [5.74, 6) is 0.168. The van der Waals surface area contributed by atoms with Gasteiger partial charge in [0.05, 0.1) is 10.7 Å². The lowest BCUT2D eigenvalue weighted by molar-refractivity contribution is 0.305. The molecular weight excluding hydrogens is 319 g/mol. The summed E-state index contributed by atoms with van der Waals surface area (Å²) in [6.07, 6.45) is 0. The van der Waals surface area contributed by atoms with E-state index in [0.717, 1.165) is 0 Å². The smallest absolute Gasteiger partial charge is 0.237 e. The molecular formula is C16H10ClFN4O. The van der Waals surface area contributed by atoms with Crippen molar-refractivity contribution < 1.29 is 9.13 Å². The molecule has 0 fully saturated rings. The van der Waals surface area contributed by atoms with Crippen molar-refractivity contribution in [3.8, 4) is 17.9 Å². The highest BCUT2D eigenvalue weighted by Gasteiger charge is 2.04. The lowest BCUT2D eigenvalue weighted by Crippen LogP contribution is -1.98. The van der Waals surface area contributed by atoms with E-state index >= 15 is 0 Å². The third-order valence-electron chi connectivity index (χ3n) is 2.74. The summed E-state index contributed by atoms with van der Waals surface area (Å²) in [4.78, 5) is 0. The van der Waals surface area contributed by atoms with Crippen LogP contribution in [0.4, 0.5) is 10.1 Å². The Morgan fingerprint density at radius 3 is 2.65 bits per heavy atom. The maximum atomic E-state index is 13.1.